The van der Waals surface area contributed by atoms with Crippen molar-refractivity contribution in [1.82, 2.24) is 5.32 Å². The molecule has 11 heteroatoms. The highest BCUT2D eigenvalue weighted by Crippen LogP contribution is 2.38. The molecule has 0 aliphatic carbocycles. The molecule has 1 amide bonds. The van der Waals surface area contributed by atoms with Crippen molar-refractivity contribution in [2.24, 2.45) is 0 Å². The molecule has 3 aromatic rings. The van der Waals surface area contributed by atoms with Gasteiger partial charge in [0.2, 0.25) is 5.91 Å². The van der Waals surface area contributed by atoms with Gasteiger partial charge in [0.05, 0.1) is 21.2 Å². The summed E-state index contributed by atoms with van der Waals surface area (Å²) >= 11 is 7.21. The van der Waals surface area contributed by atoms with Gasteiger partial charge in [-0.2, -0.15) is 13.2 Å². The number of benzene rings is 3. The lowest BCUT2D eigenvalue weighted by Crippen LogP contribution is -2.41. The van der Waals surface area contributed by atoms with Crippen molar-refractivity contribution in [1.29, 1.82) is 0 Å². The smallest absolute Gasteiger partial charge is 0.354 e. The van der Waals surface area contributed by atoms with Crippen molar-refractivity contribution in [2.45, 2.75) is 22.9 Å². The number of nitrogens with zero attached hydrogens (tertiary/aromatic N) is 1. The second-order valence-electron chi connectivity index (χ2n) is 7.50. The Kier molecular flexibility index (Phi) is 8.74. The van der Waals surface area contributed by atoms with Crippen LogP contribution in [0.25, 0.3) is 0 Å². The van der Waals surface area contributed by atoms with E-state index in [1.807, 2.05) is 30.3 Å². The zero-order chi connectivity index (χ0) is 25.6. The predicted molar refractivity (Wildman–Crippen MR) is 132 cm³/mol. The van der Waals surface area contributed by atoms with Gasteiger partial charge in [-0.1, -0.05) is 47.5 Å². The standard InChI is InChI=1S/C24H22ClF3N2O3S2/c1-17-7-10-20(11-8-17)35(32,33)30(18-9-12-22(25)21(15-18)24(26,27)28)16-23(31)29-13-14-34-19-5-3-2-4-6-19/h2-12,15H,13-14,16H2,1H3,(H,29,31). The summed E-state index contributed by atoms with van der Waals surface area (Å²) in [5.41, 5.74) is -0.716. The fourth-order valence-corrected chi connectivity index (χ4v) is 5.53. The zero-order valence-electron chi connectivity index (χ0n) is 18.5. The van der Waals surface area contributed by atoms with Crippen molar-refractivity contribution in [3.05, 3.63) is 88.9 Å². The van der Waals surface area contributed by atoms with Gasteiger partial charge in [-0.3, -0.25) is 9.10 Å². The molecular weight excluding hydrogens is 521 g/mol. The van der Waals surface area contributed by atoms with E-state index >= 15 is 0 Å². The van der Waals surface area contributed by atoms with E-state index in [9.17, 15) is 26.4 Å². The third kappa shape index (κ3) is 7.16. The summed E-state index contributed by atoms with van der Waals surface area (Å²) < 4.78 is 67.7. The molecule has 0 heterocycles. The molecule has 0 saturated carbocycles. The minimum absolute atomic E-state index is 0.154. The largest absolute Gasteiger partial charge is 0.417 e. The van der Waals surface area contributed by atoms with Crippen LogP contribution in [0.1, 0.15) is 11.1 Å². The number of halogens is 4. The Morgan fingerprint density at radius 1 is 1.03 bits per heavy atom. The van der Waals surface area contributed by atoms with Crippen LogP contribution in [-0.4, -0.2) is 33.2 Å². The van der Waals surface area contributed by atoms with Gasteiger partial charge in [0.15, 0.2) is 0 Å². The number of carbonyl (C=O) groups is 1. The van der Waals surface area contributed by atoms with Gasteiger partial charge in [0.1, 0.15) is 6.54 Å². The number of alkyl halides is 3. The van der Waals surface area contributed by atoms with Crippen molar-refractivity contribution >= 4 is 45.0 Å². The molecular formula is C24H22ClF3N2O3S2. The minimum Gasteiger partial charge on any atom is -0.354 e. The molecule has 35 heavy (non-hydrogen) atoms. The maximum Gasteiger partial charge on any atom is 0.417 e. The van der Waals surface area contributed by atoms with Crippen LogP contribution in [0.4, 0.5) is 18.9 Å². The molecule has 0 saturated heterocycles. The number of anilines is 1. The molecule has 3 aromatic carbocycles. The van der Waals surface area contributed by atoms with E-state index in [0.29, 0.717) is 16.1 Å². The molecule has 1 N–H and O–H groups in total. The van der Waals surface area contributed by atoms with Gasteiger partial charge < -0.3 is 5.32 Å². The number of rotatable bonds is 9. The topological polar surface area (TPSA) is 66.5 Å². The summed E-state index contributed by atoms with van der Waals surface area (Å²) in [6.07, 6.45) is -4.80. The van der Waals surface area contributed by atoms with Crippen molar-refractivity contribution < 1.29 is 26.4 Å². The van der Waals surface area contributed by atoms with Gasteiger partial charge in [0, 0.05) is 17.2 Å². The normalized spacial score (nSPS) is 11.8. The quantitative estimate of drug-likeness (QED) is 0.275. The van der Waals surface area contributed by atoms with E-state index in [1.165, 1.54) is 23.9 Å². The molecule has 0 aromatic heterocycles. The first-order valence-electron chi connectivity index (χ1n) is 10.4. The van der Waals surface area contributed by atoms with Gasteiger partial charge in [-0.05, 0) is 49.4 Å². The summed E-state index contributed by atoms with van der Waals surface area (Å²) in [5, 5.41) is 2.06. The third-order valence-corrected chi connectivity index (χ3v) is 8.01. The Labute approximate surface area is 211 Å². The van der Waals surface area contributed by atoms with E-state index in [4.69, 9.17) is 11.6 Å². The maximum absolute atomic E-state index is 13.4. The number of hydrogen-bond acceptors (Lipinski definition) is 4. The highest BCUT2D eigenvalue weighted by Gasteiger charge is 2.35. The molecule has 5 nitrogen and oxygen atoms in total. The second kappa shape index (κ2) is 11.4. The summed E-state index contributed by atoms with van der Waals surface area (Å²) in [6.45, 7) is 1.31. The molecule has 0 spiro atoms. The van der Waals surface area contributed by atoms with Crippen LogP contribution in [0, 0.1) is 6.92 Å². The van der Waals surface area contributed by atoms with Crippen LogP contribution in [0.15, 0.2) is 82.6 Å². The third-order valence-electron chi connectivity index (χ3n) is 4.88. The lowest BCUT2D eigenvalue weighted by Gasteiger charge is -2.25. The van der Waals surface area contributed by atoms with E-state index < -0.39 is 39.2 Å². The molecule has 0 unspecified atom stereocenters. The Bertz CT molecular complexity index is 1270. The van der Waals surface area contributed by atoms with Crippen molar-refractivity contribution in [3.8, 4) is 0 Å². The first kappa shape index (κ1) is 26.9. The number of sulfonamides is 1. The predicted octanol–water partition coefficient (Wildman–Crippen LogP) is 5.77. The van der Waals surface area contributed by atoms with Gasteiger partial charge >= 0.3 is 6.18 Å². The fourth-order valence-electron chi connectivity index (χ4n) is 3.10. The second-order valence-corrected chi connectivity index (χ2v) is 10.9. The lowest BCUT2D eigenvalue weighted by atomic mass is 10.2. The average Bonchev–Trinajstić information content (AvgIpc) is 2.81. The van der Waals surface area contributed by atoms with Crippen LogP contribution in [0.2, 0.25) is 5.02 Å². The molecule has 186 valence electrons. The van der Waals surface area contributed by atoms with E-state index in [0.717, 1.165) is 22.6 Å². The number of aryl methyl sites for hydroxylation is 1. The highest BCUT2D eigenvalue weighted by molar-refractivity contribution is 7.99. The molecule has 0 aliphatic heterocycles. The van der Waals surface area contributed by atoms with Crippen LogP contribution in [0.5, 0.6) is 0 Å². The highest BCUT2D eigenvalue weighted by atomic mass is 35.5. The lowest BCUT2D eigenvalue weighted by molar-refractivity contribution is -0.137. The Morgan fingerprint density at radius 2 is 1.69 bits per heavy atom. The number of carbonyl (C=O) groups excluding carboxylic acids is 1. The first-order chi connectivity index (χ1) is 16.5. The molecule has 0 aliphatic rings. The monoisotopic (exact) mass is 542 g/mol. The summed E-state index contributed by atoms with van der Waals surface area (Å²) in [4.78, 5) is 13.5. The molecule has 0 bridgehead atoms. The summed E-state index contributed by atoms with van der Waals surface area (Å²) in [7, 11) is -4.36. The fraction of sp³-hybridized carbons (Fsp3) is 0.208. The maximum atomic E-state index is 13.4. The van der Waals surface area contributed by atoms with Gasteiger partial charge in [0.25, 0.3) is 10.0 Å². The van der Waals surface area contributed by atoms with Crippen LogP contribution in [0.3, 0.4) is 0 Å². The van der Waals surface area contributed by atoms with Crippen LogP contribution >= 0.6 is 23.4 Å². The molecule has 3 rings (SSSR count). The average molecular weight is 543 g/mol. The van der Waals surface area contributed by atoms with Crippen molar-refractivity contribution in [3.63, 3.8) is 0 Å². The van der Waals surface area contributed by atoms with E-state index in [-0.39, 0.29) is 17.1 Å². The SMILES string of the molecule is Cc1ccc(S(=O)(=O)N(CC(=O)NCCSc2ccccc2)c2ccc(Cl)c(C(F)(F)F)c2)cc1. The Morgan fingerprint density at radius 3 is 2.31 bits per heavy atom. The number of nitrogens with one attached hydrogen (secondary N) is 1. The number of amides is 1. The van der Waals surface area contributed by atoms with E-state index in [1.54, 1.807) is 19.1 Å². The van der Waals surface area contributed by atoms with E-state index in [2.05, 4.69) is 5.32 Å². The molecule has 0 atom stereocenters. The summed E-state index contributed by atoms with van der Waals surface area (Å²) in [5.74, 6) is -0.127. The molecule has 0 radical (unpaired) electrons. The number of thioether (sulfide) groups is 1. The summed E-state index contributed by atoms with van der Waals surface area (Å²) in [6, 6.07) is 18.0. The Hall–Kier alpha value is -2.69. The van der Waals surface area contributed by atoms with Gasteiger partial charge in [-0.15, -0.1) is 11.8 Å². The van der Waals surface area contributed by atoms with Crippen molar-refractivity contribution in [2.75, 3.05) is 23.1 Å². The Balaban J connectivity index is 1.84. The zero-order valence-corrected chi connectivity index (χ0v) is 20.9. The van der Waals surface area contributed by atoms with Crippen LogP contribution < -0.4 is 9.62 Å². The van der Waals surface area contributed by atoms with Crippen LogP contribution in [-0.2, 0) is 21.0 Å². The molecule has 0 fully saturated rings. The number of hydrogen-bond donors (Lipinski definition) is 1. The first-order valence-corrected chi connectivity index (χ1v) is 13.2. The minimum atomic E-state index is -4.80. The van der Waals surface area contributed by atoms with Gasteiger partial charge in [-0.25, -0.2) is 8.42 Å².